The lowest BCUT2D eigenvalue weighted by molar-refractivity contribution is -0.137. The largest absolute Gasteiger partial charge is 0.493 e. The van der Waals surface area contributed by atoms with Gasteiger partial charge in [-0.1, -0.05) is 18.6 Å². The number of carboxylic acids is 1. The molecule has 0 spiro atoms. The van der Waals surface area contributed by atoms with Crippen LogP contribution in [0.1, 0.15) is 30.6 Å². The minimum atomic E-state index is -0.786. The van der Waals surface area contributed by atoms with Crippen LogP contribution in [0, 0.1) is 14.6 Å². The number of aromatic nitrogens is 1. The van der Waals surface area contributed by atoms with Crippen LogP contribution in [0.5, 0.6) is 5.88 Å². The van der Waals surface area contributed by atoms with E-state index in [2.05, 4.69) is 4.99 Å². The molecule has 0 bridgehead atoms. The number of fused-ring (bicyclic) bond motifs is 1. The Morgan fingerprint density at radius 1 is 1.23 bits per heavy atom. The van der Waals surface area contributed by atoms with Crippen molar-refractivity contribution in [3.05, 3.63) is 60.4 Å². The van der Waals surface area contributed by atoms with E-state index in [0.29, 0.717) is 27.2 Å². The lowest BCUT2D eigenvalue weighted by Crippen LogP contribution is -1.99. The van der Waals surface area contributed by atoms with Crippen molar-refractivity contribution in [1.29, 1.82) is 0 Å². The van der Waals surface area contributed by atoms with Crippen molar-refractivity contribution < 1.29 is 19.4 Å². The van der Waals surface area contributed by atoms with Gasteiger partial charge in [-0.05, 0) is 49.3 Å². The first-order valence-electron chi connectivity index (χ1n) is 9.62. The number of carboxylic acid groups (broad SMARTS) is 1. The second-order valence-corrected chi connectivity index (χ2v) is 8.65. The van der Waals surface area contributed by atoms with Crippen molar-refractivity contribution in [2.75, 3.05) is 0 Å². The number of unbranched alkanes of at least 4 members (excludes halogenated alkanes) is 2. The maximum atomic E-state index is 10.6. The summed E-state index contributed by atoms with van der Waals surface area (Å²) in [6.45, 7) is 0.560. The quantitative estimate of drug-likeness (QED) is 0.431. The molecule has 0 saturated carbocycles. The van der Waals surface area contributed by atoms with Crippen molar-refractivity contribution in [3.63, 3.8) is 0 Å². The summed E-state index contributed by atoms with van der Waals surface area (Å²) in [7, 11) is 0. The highest BCUT2D eigenvalue weighted by Gasteiger charge is 2.10. The number of aliphatic imine (C=N–C) groups is 1. The van der Waals surface area contributed by atoms with E-state index in [1.54, 1.807) is 16.9 Å². The third-order valence-corrected chi connectivity index (χ3v) is 6.23. The number of carbonyl (C=O) groups is 1. The van der Waals surface area contributed by atoms with Gasteiger partial charge in [-0.3, -0.25) is 14.4 Å². The Bertz CT molecular complexity index is 1400. The normalized spacial score (nSPS) is 14.1. The van der Waals surface area contributed by atoms with Crippen molar-refractivity contribution in [2.24, 2.45) is 4.99 Å². The number of hydrogen-bond acceptors (Lipinski definition) is 6. The number of aliphatic carboxylic acids is 1. The summed E-state index contributed by atoms with van der Waals surface area (Å²) < 4.78 is 8.22. The molecule has 3 aromatic rings. The number of thiazole rings is 1. The highest BCUT2D eigenvalue weighted by atomic mass is 32.1. The Labute approximate surface area is 181 Å². The van der Waals surface area contributed by atoms with Gasteiger partial charge < -0.3 is 14.6 Å². The molecule has 154 valence electrons. The molecule has 0 amide bonds. The molecule has 0 radical (unpaired) electrons. The second-order valence-electron chi connectivity index (χ2n) is 6.98. The molecular formula is C22H20N2O4S2. The van der Waals surface area contributed by atoms with Crippen LogP contribution in [0.4, 0.5) is 5.69 Å². The summed E-state index contributed by atoms with van der Waals surface area (Å²) >= 11 is 6.70. The molecule has 6 nitrogen and oxygen atoms in total. The second kappa shape index (κ2) is 8.81. The maximum absolute atomic E-state index is 10.6. The van der Waals surface area contributed by atoms with Crippen LogP contribution >= 0.6 is 23.6 Å². The van der Waals surface area contributed by atoms with E-state index in [0.717, 1.165) is 34.4 Å². The number of hydrogen-bond donors (Lipinski definition) is 2. The van der Waals surface area contributed by atoms with Gasteiger partial charge in [0.05, 0.1) is 10.6 Å². The van der Waals surface area contributed by atoms with Gasteiger partial charge >= 0.3 is 5.97 Å². The molecule has 30 heavy (non-hydrogen) atoms. The van der Waals surface area contributed by atoms with E-state index in [1.807, 2.05) is 36.4 Å². The summed E-state index contributed by atoms with van der Waals surface area (Å²) in [5.41, 5.74) is 2.28. The SMILES string of the molecule is O=C(O)CCCCCn1c(O)c(/C=c2\cc/c(=c3/ccc4c(c3)N=CC=4)o2)sc1=S. The summed E-state index contributed by atoms with van der Waals surface area (Å²) in [5, 5.41) is 21.3. The van der Waals surface area contributed by atoms with Crippen LogP contribution in [0.15, 0.2) is 39.7 Å². The van der Waals surface area contributed by atoms with Gasteiger partial charge in [0.15, 0.2) is 3.95 Å². The molecule has 2 N–H and O–H groups in total. The molecule has 3 heterocycles. The number of rotatable bonds is 7. The lowest BCUT2D eigenvalue weighted by atomic mass is 10.2. The van der Waals surface area contributed by atoms with E-state index in [4.69, 9.17) is 21.7 Å². The van der Waals surface area contributed by atoms with Crippen molar-refractivity contribution in [3.8, 4) is 5.88 Å². The van der Waals surface area contributed by atoms with E-state index < -0.39 is 5.97 Å². The standard InChI is InChI=1S/C22H20N2O4S2/c25-20(26)4-2-1-3-11-24-21(27)19(30-22(24)29)13-16-7-8-18(28-16)15-6-5-14-9-10-23-17(14)12-15/h5-10,12-13,27H,1-4,11H2,(H,25,26)/b16-13+,18-15+. The van der Waals surface area contributed by atoms with E-state index in [1.165, 1.54) is 11.3 Å². The molecule has 1 aliphatic heterocycles. The monoisotopic (exact) mass is 440 g/mol. The molecule has 0 saturated heterocycles. The first-order chi connectivity index (χ1) is 14.5. The summed E-state index contributed by atoms with van der Waals surface area (Å²) in [6.07, 6.45) is 7.83. The third-order valence-electron chi connectivity index (χ3n) is 4.85. The van der Waals surface area contributed by atoms with E-state index in [-0.39, 0.29) is 12.3 Å². The van der Waals surface area contributed by atoms with Crippen LogP contribution in [0.25, 0.3) is 12.2 Å². The van der Waals surface area contributed by atoms with Crippen LogP contribution in [0.3, 0.4) is 0 Å². The van der Waals surface area contributed by atoms with Gasteiger partial charge in [0, 0.05) is 35.7 Å². The Morgan fingerprint density at radius 3 is 2.93 bits per heavy atom. The number of nitrogens with zero attached hydrogens (tertiary/aromatic N) is 2. The average molecular weight is 441 g/mol. The minimum Gasteiger partial charge on any atom is -0.493 e. The van der Waals surface area contributed by atoms with Gasteiger partial charge in [0.25, 0.3) is 0 Å². The molecule has 0 fully saturated rings. The molecule has 1 aliphatic rings. The van der Waals surface area contributed by atoms with Crippen LogP contribution < -0.4 is 10.6 Å². The maximum Gasteiger partial charge on any atom is 0.303 e. The molecular weight excluding hydrogens is 420 g/mol. The fraction of sp³-hybridized carbons (Fsp3) is 0.227. The van der Waals surface area contributed by atoms with Gasteiger partial charge in [0.1, 0.15) is 10.8 Å². The van der Waals surface area contributed by atoms with E-state index in [9.17, 15) is 9.90 Å². The van der Waals surface area contributed by atoms with Gasteiger partial charge in [0.2, 0.25) is 5.88 Å². The Morgan fingerprint density at radius 2 is 2.10 bits per heavy atom. The van der Waals surface area contributed by atoms with Crippen molar-refractivity contribution in [2.45, 2.75) is 32.2 Å². The van der Waals surface area contributed by atoms with Crippen LogP contribution in [-0.2, 0) is 11.3 Å². The zero-order chi connectivity index (χ0) is 21.1. The number of aromatic hydroxyl groups is 1. The fourth-order valence-electron chi connectivity index (χ4n) is 3.29. The lowest BCUT2D eigenvalue weighted by Gasteiger charge is -2.04. The smallest absolute Gasteiger partial charge is 0.303 e. The Kier molecular flexibility index (Phi) is 5.96. The Balaban J connectivity index is 1.57. The minimum absolute atomic E-state index is 0.114. The molecule has 0 unspecified atom stereocenters. The van der Waals surface area contributed by atoms with Crippen LogP contribution in [0.2, 0.25) is 0 Å². The highest BCUT2D eigenvalue weighted by molar-refractivity contribution is 7.73. The zero-order valence-electron chi connectivity index (χ0n) is 16.1. The third kappa shape index (κ3) is 4.44. The molecule has 8 heteroatoms. The van der Waals surface area contributed by atoms with Crippen molar-refractivity contribution in [1.82, 2.24) is 4.57 Å². The summed E-state index contributed by atoms with van der Waals surface area (Å²) in [5.74, 6) is -0.672. The van der Waals surface area contributed by atoms with Crippen molar-refractivity contribution >= 4 is 53.6 Å². The van der Waals surface area contributed by atoms with Crippen LogP contribution in [-0.4, -0.2) is 27.0 Å². The Hall–Kier alpha value is -2.97. The average Bonchev–Trinajstić information content (AvgIpc) is 3.43. The zero-order valence-corrected chi connectivity index (χ0v) is 17.7. The molecule has 0 atom stereocenters. The molecule has 2 aromatic heterocycles. The number of furan rings is 1. The summed E-state index contributed by atoms with van der Waals surface area (Å²) in [4.78, 5) is 15.5. The molecule has 4 rings (SSSR count). The van der Waals surface area contributed by atoms with Gasteiger partial charge in [-0.25, -0.2) is 0 Å². The predicted molar refractivity (Wildman–Crippen MR) is 119 cm³/mol. The molecule has 1 aromatic carbocycles. The number of benzene rings is 1. The molecule has 0 aliphatic carbocycles. The highest BCUT2D eigenvalue weighted by Crippen LogP contribution is 2.27. The first-order valence-corrected chi connectivity index (χ1v) is 10.8. The first kappa shape index (κ1) is 20.3. The summed E-state index contributed by atoms with van der Waals surface area (Å²) in [6, 6.07) is 9.74. The van der Waals surface area contributed by atoms with Gasteiger partial charge in [-0.15, -0.1) is 11.3 Å². The van der Waals surface area contributed by atoms with Gasteiger partial charge in [-0.2, -0.15) is 0 Å². The predicted octanol–water partition coefficient (Wildman–Crippen LogP) is 3.83. The van der Waals surface area contributed by atoms with E-state index >= 15 is 0 Å². The fourth-order valence-corrected chi connectivity index (χ4v) is 4.59. The topological polar surface area (TPSA) is 88.0 Å².